The van der Waals surface area contributed by atoms with Gasteiger partial charge in [-0.15, -0.1) is 0 Å². The lowest BCUT2D eigenvalue weighted by atomic mass is 10.1. The minimum Gasteiger partial charge on any atom is -0.447 e. The maximum absolute atomic E-state index is 12.4. The number of nitrogens with zero attached hydrogens (tertiary/aromatic N) is 2. The van der Waals surface area contributed by atoms with Gasteiger partial charge in [0.25, 0.3) is 5.91 Å². The lowest BCUT2D eigenvalue weighted by Crippen LogP contribution is -2.32. The van der Waals surface area contributed by atoms with Crippen molar-refractivity contribution in [3.63, 3.8) is 0 Å². The summed E-state index contributed by atoms with van der Waals surface area (Å²) in [6.45, 7) is 2.91. The van der Waals surface area contributed by atoms with Crippen LogP contribution in [0.15, 0.2) is 59.2 Å². The lowest BCUT2D eigenvalue weighted by Gasteiger charge is -2.21. The van der Waals surface area contributed by atoms with Gasteiger partial charge in [0.15, 0.2) is 5.69 Å². The van der Waals surface area contributed by atoms with Gasteiger partial charge in [-0.05, 0) is 36.1 Å². The van der Waals surface area contributed by atoms with Crippen LogP contribution in [-0.2, 0) is 24.4 Å². The number of hydrogen-bond donors (Lipinski definition) is 1. The molecule has 4 rings (SSSR count). The smallest absolute Gasteiger partial charge is 0.273 e. The number of halogens is 2. The predicted octanol–water partition coefficient (Wildman–Crippen LogP) is 5.09. The number of ether oxygens (including phenoxy) is 1. The fourth-order valence-electron chi connectivity index (χ4n) is 3.68. The van der Waals surface area contributed by atoms with Crippen molar-refractivity contribution in [2.75, 3.05) is 13.2 Å². The number of amides is 1. The number of oxazole rings is 1. The third-order valence-electron chi connectivity index (χ3n) is 5.32. The molecule has 1 aliphatic heterocycles. The molecule has 2 heterocycles. The molecule has 0 radical (unpaired) electrons. The normalized spacial score (nSPS) is 15.9. The van der Waals surface area contributed by atoms with Crippen LogP contribution in [0, 0.1) is 0 Å². The quantitative estimate of drug-likeness (QED) is 0.468. The van der Waals surface area contributed by atoms with Gasteiger partial charge in [0.2, 0.25) is 5.89 Å². The molecule has 1 N–H and O–H groups in total. The molecule has 1 aliphatic rings. The molecule has 2 aromatic carbocycles. The zero-order valence-electron chi connectivity index (χ0n) is 17.6. The molecule has 6 nitrogen and oxygen atoms in total. The predicted molar refractivity (Wildman–Crippen MR) is 124 cm³/mol. The highest BCUT2D eigenvalue weighted by Gasteiger charge is 2.19. The molecular formula is C24H25Cl2N3O3. The van der Waals surface area contributed by atoms with E-state index in [0.717, 1.165) is 30.6 Å². The Hall–Kier alpha value is -2.38. The molecule has 8 heteroatoms. The Morgan fingerprint density at radius 3 is 2.72 bits per heavy atom. The van der Waals surface area contributed by atoms with Crippen molar-refractivity contribution in [2.24, 2.45) is 0 Å². The maximum atomic E-state index is 12.4. The summed E-state index contributed by atoms with van der Waals surface area (Å²) >= 11 is 12.4. The summed E-state index contributed by atoms with van der Waals surface area (Å²) in [5, 5.41) is 4.08. The second-order valence-corrected chi connectivity index (χ2v) is 8.68. The molecule has 1 saturated heterocycles. The van der Waals surface area contributed by atoms with Gasteiger partial charge in [-0.3, -0.25) is 9.69 Å². The van der Waals surface area contributed by atoms with Crippen molar-refractivity contribution < 1.29 is 13.9 Å². The Bertz CT molecular complexity index is 1040. The molecule has 0 bridgehead atoms. The highest BCUT2D eigenvalue weighted by Crippen LogP contribution is 2.24. The van der Waals surface area contributed by atoms with E-state index < -0.39 is 0 Å². The molecule has 3 aromatic rings. The van der Waals surface area contributed by atoms with Gasteiger partial charge in [-0.1, -0.05) is 59.6 Å². The van der Waals surface area contributed by atoms with E-state index in [1.807, 2.05) is 30.3 Å². The maximum Gasteiger partial charge on any atom is 0.273 e. The Kier molecular flexibility index (Phi) is 7.81. The number of hydrogen-bond acceptors (Lipinski definition) is 5. The summed E-state index contributed by atoms with van der Waals surface area (Å²) in [6.07, 6.45) is 3.47. The first-order chi connectivity index (χ1) is 15.6. The highest BCUT2D eigenvalue weighted by atomic mass is 35.5. The number of carbonyl (C=O) groups is 1. The number of carbonyl (C=O) groups excluding carboxylic acids is 1. The molecule has 168 valence electrons. The second-order valence-electron chi connectivity index (χ2n) is 7.84. The largest absolute Gasteiger partial charge is 0.447 e. The average molecular weight is 474 g/mol. The molecule has 32 heavy (non-hydrogen) atoms. The minimum absolute atomic E-state index is 0.0795. The summed E-state index contributed by atoms with van der Waals surface area (Å²) < 4.78 is 11.2. The number of nitrogens with one attached hydrogen (secondary N) is 1. The zero-order valence-corrected chi connectivity index (χ0v) is 19.1. The summed E-state index contributed by atoms with van der Waals surface area (Å²) in [7, 11) is 0. The Labute approximate surface area is 197 Å². The van der Waals surface area contributed by atoms with E-state index in [1.165, 1.54) is 6.26 Å². The SMILES string of the molecule is O=C(NC[C@@H]1CCCO1)c1coc(CN(Cc2ccccc2)Cc2ccc(Cl)cc2Cl)n1. The first-order valence-electron chi connectivity index (χ1n) is 10.6. The van der Waals surface area contributed by atoms with E-state index in [-0.39, 0.29) is 17.7 Å². The first kappa shape index (κ1) is 22.8. The zero-order chi connectivity index (χ0) is 22.3. The van der Waals surface area contributed by atoms with Gasteiger partial charge in [0.05, 0.1) is 12.6 Å². The fourth-order valence-corrected chi connectivity index (χ4v) is 4.15. The van der Waals surface area contributed by atoms with Crippen molar-refractivity contribution in [1.29, 1.82) is 0 Å². The van der Waals surface area contributed by atoms with Crippen LogP contribution in [0.3, 0.4) is 0 Å². The standard InChI is InChI=1S/C24H25Cl2N3O3/c25-19-9-8-18(21(26)11-19)14-29(13-17-5-2-1-3-6-17)15-23-28-22(16-32-23)24(30)27-12-20-7-4-10-31-20/h1-3,5-6,8-9,11,16,20H,4,7,10,12-15H2,(H,27,30)/t20-/m0/s1. The van der Waals surface area contributed by atoms with E-state index >= 15 is 0 Å². The van der Waals surface area contributed by atoms with Gasteiger partial charge in [0.1, 0.15) is 6.26 Å². The van der Waals surface area contributed by atoms with Crippen molar-refractivity contribution in [1.82, 2.24) is 15.2 Å². The Balaban J connectivity index is 1.43. The van der Waals surface area contributed by atoms with Crippen LogP contribution in [0.4, 0.5) is 0 Å². The lowest BCUT2D eigenvalue weighted by molar-refractivity contribution is 0.0853. The summed E-state index contributed by atoms with van der Waals surface area (Å²) in [6, 6.07) is 15.6. The second kappa shape index (κ2) is 11.0. The van der Waals surface area contributed by atoms with Crippen molar-refractivity contribution in [3.05, 3.63) is 87.6 Å². The summed E-state index contributed by atoms with van der Waals surface area (Å²) in [4.78, 5) is 19.0. The van der Waals surface area contributed by atoms with Crippen LogP contribution in [0.2, 0.25) is 10.0 Å². The van der Waals surface area contributed by atoms with Crippen LogP contribution in [0.1, 0.15) is 40.3 Å². The molecule has 1 atom stereocenters. The molecule has 1 amide bonds. The molecule has 0 spiro atoms. The topological polar surface area (TPSA) is 67.6 Å². The van der Waals surface area contributed by atoms with E-state index in [0.29, 0.717) is 42.1 Å². The third-order valence-corrected chi connectivity index (χ3v) is 5.90. The highest BCUT2D eigenvalue weighted by molar-refractivity contribution is 6.35. The molecule has 0 unspecified atom stereocenters. The molecular weight excluding hydrogens is 449 g/mol. The molecule has 1 aromatic heterocycles. The van der Waals surface area contributed by atoms with Gasteiger partial charge in [-0.2, -0.15) is 0 Å². The van der Waals surface area contributed by atoms with Gasteiger partial charge < -0.3 is 14.5 Å². The Morgan fingerprint density at radius 2 is 1.97 bits per heavy atom. The number of aromatic nitrogens is 1. The van der Waals surface area contributed by atoms with Crippen LogP contribution in [0.25, 0.3) is 0 Å². The molecule has 0 aliphatic carbocycles. The van der Waals surface area contributed by atoms with Crippen molar-refractivity contribution in [3.8, 4) is 0 Å². The van der Waals surface area contributed by atoms with Crippen LogP contribution < -0.4 is 5.32 Å². The van der Waals surface area contributed by atoms with Crippen molar-refractivity contribution in [2.45, 2.75) is 38.6 Å². The van der Waals surface area contributed by atoms with Crippen LogP contribution >= 0.6 is 23.2 Å². The summed E-state index contributed by atoms with van der Waals surface area (Å²) in [5.74, 6) is 0.208. The number of benzene rings is 2. The molecule has 0 saturated carbocycles. The third kappa shape index (κ3) is 6.33. The van der Waals surface area contributed by atoms with E-state index in [2.05, 4.69) is 27.3 Å². The van der Waals surface area contributed by atoms with E-state index in [1.54, 1.807) is 6.07 Å². The summed E-state index contributed by atoms with van der Waals surface area (Å²) in [5.41, 5.74) is 2.37. The monoisotopic (exact) mass is 473 g/mol. The van der Waals surface area contributed by atoms with Gasteiger partial charge in [-0.25, -0.2) is 4.98 Å². The fraction of sp³-hybridized carbons (Fsp3) is 0.333. The Morgan fingerprint density at radius 1 is 1.12 bits per heavy atom. The minimum atomic E-state index is -0.258. The first-order valence-corrected chi connectivity index (χ1v) is 11.4. The van der Waals surface area contributed by atoms with E-state index in [9.17, 15) is 4.79 Å². The van der Waals surface area contributed by atoms with Crippen molar-refractivity contribution >= 4 is 29.1 Å². The van der Waals surface area contributed by atoms with Crippen LogP contribution in [-0.4, -0.2) is 35.0 Å². The average Bonchev–Trinajstić information content (AvgIpc) is 3.47. The van der Waals surface area contributed by atoms with Gasteiger partial charge >= 0.3 is 0 Å². The van der Waals surface area contributed by atoms with Gasteiger partial charge in [0, 0.05) is 36.3 Å². The van der Waals surface area contributed by atoms with E-state index in [4.69, 9.17) is 32.4 Å². The van der Waals surface area contributed by atoms with Crippen LogP contribution in [0.5, 0.6) is 0 Å². The molecule has 1 fully saturated rings. The number of rotatable bonds is 9.